The second kappa shape index (κ2) is 7.11. The van der Waals surface area contributed by atoms with E-state index in [1.165, 1.54) is 19.3 Å². The van der Waals surface area contributed by atoms with Crippen LogP contribution in [0.1, 0.15) is 73.5 Å². The molecule has 2 aliphatic rings. The number of aromatic nitrogens is 5. The van der Waals surface area contributed by atoms with Gasteiger partial charge in [0.05, 0.1) is 23.5 Å². The van der Waals surface area contributed by atoms with E-state index in [4.69, 9.17) is 0 Å². The summed E-state index contributed by atoms with van der Waals surface area (Å²) in [6, 6.07) is 10.0. The molecule has 5 rings (SSSR count). The SMILES string of the molecule is N#CC1(n2cc([C@@H](CC(=O)c3cc4ccccn4n3)C3CCCCC3)nn2)CC1. The predicted octanol–water partition coefficient (Wildman–Crippen LogP) is 3.88. The summed E-state index contributed by atoms with van der Waals surface area (Å²) in [6.45, 7) is 0. The van der Waals surface area contributed by atoms with E-state index in [0.29, 0.717) is 18.0 Å². The van der Waals surface area contributed by atoms with Gasteiger partial charge in [-0.1, -0.05) is 30.5 Å². The van der Waals surface area contributed by atoms with Gasteiger partial charge in [-0.15, -0.1) is 5.10 Å². The molecule has 3 heterocycles. The minimum Gasteiger partial charge on any atom is -0.292 e. The van der Waals surface area contributed by atoms with Crippen LogP contribution in [0.25, 0.3) is 5.52 Å². The van der Waals surface area contributed by atoms with Crippen LogP contribution in [0.3, 0.4) is 0 Å². The Labute approximate surface area is 169 Å². The van der Waals surface area contributed by atoms with E-state index in [1.807, 2.05) is 36.7 Å². The molecule has 0 spiro atoms. The van der Waals surface area contributed by atoms with Crippen molar-refractivity contribution < 1.29 is 4.79 Å². The number of nitrogens with zero attached hydrogens (tertiary/aromatic N) is 6. The molecule has 148 valence electrons. The first-order chi connectivity index (χ1) is 14.2. The Morgan fingerprint density at radius 1 is 1.28 bits per heavy atom. The molecule has 3 aromatic rings. The Morgan fingerprint density at radius 3 is 2.83 bits per heavy atom. The predicted molar refractivity (Wildman–Crippen MR) is 106 cm³/mol. The smallest absolute Gasteiger partial charge is 0.183 e. The zero-order valence-electron chi connectivity index (χ0n) is 16.4. The molecule has 0 aromatic carbocycles. The summed E-state index contributed by atoms with van der Waals surface area (Å²) in [6.07, 6.45) is 11.7. The first-order valence-corrected chi connectivity index (χ1v) is 10.5. The van der Waals surface area contributed by atoms with E-state index in [-0.39, 0.29) is 11.7 Å². The van der Waals surface area contributed by atoms with Crippen molar-refractivity contribution in [3.63, 3.8) is 0 Å². The van der Waals surface area contributed by atoms with E-state index >= 15 is 0 Å². The monoisotopic (exact) mass is 388 g/mol. The normalized spacial score (nSPS) is 19.7. The lowest BCUT2D eigenvalue weighted by Crippen LogP contribution is -2.20. The van der Waals surface area contributed by atoms with Crippen molar-refractivity contribution in [3.05, 3.63) is 48.0 Å². The molecule has 0 N–H and O–H groups in total. The van der Waals surface area contributed by atoms with Crippen LogP contribution in [0, 0.1) is 17.2 Å². The third-order valence-electron chi connectivity index (χ3n) is 6.54. The highest BCUT2D eigenvalue weighted by Gasteiger charge is 2.47. The van der Waals surface area contributed by atoms with Gasteiger partial charge in [-0.25, -0.2) is 9.20 Å². The fourth-order valence-corrected chi connectivity index (χ4v) is 4.59. The summed E-state index contributed by atoms with van der Waals surface area (Å²) in [5.74, 6) is 0.489. The van der Waals surface area contributed by atoms with Crippen LogP contribution < -0.4 is 0 Å². The zero-order chi connectivity index (χ0) is 19.8. The number of nitriles is 1. The van der Waals surface area contributed by atoms with Gasteiger partial charge in [-0.2, -0.15) is 10.4 Å². The molecule has 1 atom stereocenters. The quantitative estimate of drug-likeness (QED) is 0.598. The molecular formula is C22H24N6O. The summed E-state index contributed by atoms with van der Waals surface area (Å²) in [5.41, 5.74) is 1.74. The number of fused-ring (bicyclic) bond motifs is 1. The van der Waals surface area contributed by atoms with Crippen molar-refractivity contribution in [1.29, 1.82) is 5.26 Å². The minimum absolute atomic E-state index is 0.0239. The largest absolute Gasteiger partial charge is 0.292 e. The van der Waals surface area contributed by atoms with Crippen molar-refractivity contribution in [2.45, 2.75) is 62.8 Å². The summed E-state index contributed by atoms with van der Waals surface area (Å²) in [7, 11) is 0. The summed E-state index contributed by atoms with van der Waals surface area (Å²) >= 11 is 0. The van der Waals surface area contributed by atoms with E-state index in [9.17, 15) is 10.1 Å². The highest BCUT2D eigenvalue weighted by Crippen LogP contribution is 2.43. The molecule has 2 saturated carbocycles. The number of carbonyl (C=O) groups excluding carboxylic acids is 1. The van der Waals surface area contributed by atoms with Crippen LogP contribution >= 0.6 is 0 Å². The molecule has 0 saturated heterocycles. The fourth-order valence-electron chi connectivity index (χ4n) is 4.59. The number of hydrogen-bond acceptors (Lipinski definition) is 5. The molecule has 0 unspecified atom stereocenters. The van der Waals surface area contributed by atoms with Crippen LogP contribution in [0.15, 0.2) is 36.7 Å². The van der Waals surface area contributed by atoms with Gasteiger partial charge in [0.25, 0.3) is 0 Å². The van der Waals surface area contributed by atoms with Crippen molar-refractivity contribution in [3.8, 4) is 6.07 Å². The molecule has 0 bridgehead atoms. The molecule has 7 nitrogen and oxygen atoms in total. The van der Waals surface area contributed by atoms with E-state index < -0.39 is 5.54 Å². The van der Waals surface area contributed by atoms with E-state index in [1.54, 1.807) is 9.20 Å². The van der Waals surface area contributed by atoms with Crippen LogP contribution in [-0.4, -0.2) is 30.4 Å². The molecule has 0 amide bonds. The molecule has 0 radical (unpaired) electrons. The first-order valence-electron chi connectivity index (χ1n) is 10.5. The van der Waals surface area contributed by atoms with Gasteiger partial charge in [0, 0.05) is 18.5 Å². The summed E-state index contributed by atoms with van der Waals surface area (Å²) in [5, 5.41) is 22.6. The minimum atomic E-state index is -0.520. The molecule has 7 heteroatoms. The van der Waals surface area contributed by atoms with Crippen LogP contribution in [0.5, 0.6) is 0 Å². The Hall–Kier alpha value is -3.01. The van der Waals surface area contributed by atoms with Gasteiger partial charge in [0.1, 0.15) is 5.69 Å². The molecule has 2 aliphatic carbocycles. The maximum absolute atomic E-state index is 13.1. The lowest BCUT2D eigenvalue weighted by Gasteiger charge is -2.28. The van der Waals surface area contributed by atoms with Gasteiger partial charge in [-0.05, 0) is 49.8 Å². The van der Waals surface area contributed by atoms with Crippen molar-refractivity contribution in [2.75, 3.05) is 0 Å². The Kier molecular flexibility index (Phi) is 4.42. The van der Waals surface area contributed by atoms with Gasteiger partial charge in [-0.3, -0.25) is 4.79 Å². The number of Topliss-reactive ketones (excluding diaryl/α,β-unsaturated/α-hetero) is 1. The summed E-state index contributed by atoms with van der Waals surface area (Å²) < 4.78 is 3.45. The number of rotatable bonds is 6. The van der Waals surface area contributed by atoms with Crippen LogP contribution in [0.2, 0.25) is 0 Å². The molecule has 0 aliphatic heterocycles. The van der Waals surface area contributed by atoms with Crippen molar-refractivity contribution in [1.82, 2.24) is 24.6 Å². The van der Waals surface area contributed by atoms with Crippen LogP contribution in [-0.2, 0) is 5.54 Å². The van der Waals surface area contributed by atoms with Crippen molar-refractivity contribution in [2.24, 2.45) is 5.92 Å². The summed E-state index contributed by atoms with van der Waals surface area (Å²) in [4.78, 5) is 13.1. The first kappa shape index (κ1) is 18.0. The average Bonchev–Trinajstić information content (AvgIpc) is 3.20. The molecule has 29 heavy (non-hydrogen) atoms. The van der Waals surface area contributed by atoms with E-state index in [2.05, 4.69) is 21.5 Å². The number of ketones is 1. The fraction of sp³-hybridized carbons (Fsp3) is 0.500. The molecular weight excluding hydrogens is 364 g/mol. The highest BCUT2D eigenvalue weighted by molar-refractivity contribution is 5.95. The second-order valence-electron chi connectivity index (χ2n) is 8.46. The van der Waals surface area contributed by atoms with Gasteiger partial charge in [0.2, 0.25) is 0 Å². The Morgan fingerprint density at radius 2 is 2.10 bits per heavy atom. The highest BCUT2D eigenvalue weighted by atomic mass is 16.1. The third-order valence-corrected chi connectivity index (χ3v) is 6.54. The number of pyridine rings is 1. The lowest BCUT2D eigenvalue weighted by atomic mass is 9.76. The number of carbonyl (C=O) groups is 1. The maximum atomic E-state index is 13.1. The zero-order valence-corrected chi connectivity index (χ0v) is 16.4. The van der Waals surface area contributed by atoms with Gasteiger partial charge in [0.15, 0.2) is 11.3 Å². The third kappa shape index (κ3) is 3.33. The van der Waals surface area contributed by atoms with Crippen molar-refractivity contribution >= 4 is 11.3 Å². The second-order valence-corrected chi connectivity index (χ2v) is 8.46. The Balaban J connectivity index is 1.43. The average molecular weight is 388 g/mol. The van der Waals surface area contributed by atoms with Crippen LogP contribution in [0.4, 0.5) is 0 Å². The lowest BCUT2D eigenvalue weighted by molar-refractivity contribution is 0.0951. The van der Waals surface area contributed by atoms with Gasteiger partial charge >= 0.3 is 0 Å². The number of hydrogen-bond donors (Lipinski definition) is 0. The molecule has 3 aromatic heterocycles. The Bertz CT molecular complexity index is 1050. The molecule has 2 fully saturated rings. The van der Waals surface area contributed by atoms with E-state index in [0.717, 1.165) is 36.9 Å². The topological polar surface area (TPSA) is 88.9 Å². The van der Waals surface area contributed by atoms with Gasteiger partial charge < -0.3 is 0 Å². The standard InChI is InChI=1S/C22H24N6O/c23-15-22(9-10-22)28-14-20(24-26-28)18(16-6-2-1-3-7-16)13-21(29)19-12-17-8-4-5-11-27(17)25-19/h4-5,8,11-12,14,16,18H,1-3,6-7,9-10,13H2/t18-/m0/s1. The maximum Gasteiger partial charge on any atom is 0.183 e.